The number of nitrogens with zero attached hydrogens (tertiary/aromatic N) is 1. The van der Waals surface area contributed by atoms with Gasteiger partial charge in [0.25, 0.3) is 6.43 Å². The van der Waals surface area contributed by atoms with Crippen molar-refractivity contribution in [1.29, 1.82) is 0 Å². The second-order valence-electron chi connectivity index (χ2n) is 10.3. The molecule has 0 spiro atoms. The third-order valence-corrected chi connectivity index (χ3v) is 9.47. The van der Waals surface area contributed by atoms with E-state index in [1.54, 1.807) is 38.1 Å². The van der Waals surface area contributed by atoms with Crippen molar-refractivity contribution in [1.82, 2.24) is 9.99 Å². The van der Waals surface area contributed by atoms with Crippen molar-refractivity contribution in [2.45, 2.75) is 69.8 Å². The van der Waals surface area contributed by atoms with Gasteiger partial charge in [0, 0.05) is 6.20 Å². The van der Waals surface area contributed by atoms with E-state index in [-0.39, 0.29) is 10.8 Å². The molecule has 2 aromatic carbocycles. The van der Waals surface area contributed by atoms with Crippen LogP contribution in [0.3, 0.4) is 0 Å². The van der Waals surface area contributed by atoms with Crippen molar-refractivity contribution in [3.63, 3.8) is 0 Å². The lowest BCUT2D eigenvalue weighted by molar-refractivity contribution is -0.199. The van der Waals surface area contributed by atoms with Gasteiger partial charge in [0.15, 0.2) is 17.6 Å². The van der Waals surface area contributed by atoms with Crippen LogP contribution in [0.15, 0.2) is 53.7 Å². The Hall–Kier alpha value is -2.55. The number of aliphatic hydroxyl groups is 2. The maximum absolute atomic E-state index is 14.7. The van der Waals surface area contributed by atoms with E-state index in [0.717, 1.165) is 17.0 Å². The number of carbonyl (C=O) groups is 3. The number of fused-ring (bicyclic) bond motifs is 1. The summed E-state index contributed by atoms with van der Waals surface area (Å²) < 4.78 is 51.7. The lowest BCUT2D eigenvalue weighted by Gasteiger charge is -2.35. The zero-order valence-electron chi connectivity index (χ0n) is 23.2. The first-order valence-corrected chi connectivity index (χ1v) is 16.1. The summed E-state index contributed by atoms with van der Waals surface area (Å²) in [5.41, 5.74) is -2.91. The number of ketones is 1. The highest BCUT2D eigenvalue weighted by Gasteiger charge is 2.62. The van der Waals surface area contributed by atoms with Gasteiger partial charge in [-0.05, 0) is 55.5 Å². The van der Waals surface area contributed by atoms with E-state index in [2.05, 4.69) is 5.09 Å². The number of halogens is 3. The Bertz CT molecular complexity index is 1480. The van der Waals surface area contributed by atoms with Crippen molar-refractivity contribution < 1.29 is 51.9 Å². The second-order valence-corrected chi connectivity index (χ2v) is 13.8. The zero-order chi connectivity index (χ0) is 31.7. The molecule has 1 fully saturated rings. The minimum atomic E-state index is -3.92. The summed E-state index contributed by atoms with van der Waals surface area (Å²) in [6.45, 7) is -0.357. The van der Waals surface area contributed by atoms with E-state index in [9.17, 15) is 33.4 Å². The van der Waals surface area contributed by atoms with Crippen molar-refractivity contribution >= 4 is 58.5 Å². The van der Waals surface area contributed by atoms with Gasteiger partial charge >= 0.3 is 12.6 Å². The van der Waals surface area contributed by atoms with Gasteiger partial charge in [0.2, 0.25) is 5.91 Å². The number of alkyl halides is 2. The fraction of sp³-hybridized carbons (Fsp3) is 0.444. The molecule has 3 N–H and O–H groups in total. The number of ether oxygens (including phenoxy) is 2. The van der Waals surface area contributed by atoms with E-state index in [0.29, 0.717) is 4.90 Å². The summed E-state index contributed by atoms with van der Waals surface area (Å²) in [5, 5.41) is 25.5. The molecule has 0 aromatic heterocycles. The maximum Gasteiger partial charge on any atom is 0.323 e. The fourth-order valence-corrected chi connectivity index (χ4v) is 7.04. The Morgan fingerprint density at radius 1 is 1.21 bits per heavy atom. The zero-order valence-corrected chi connectivity index (χ0v) is 25.7. The molecule has 11 nitrogen and oxygen atoms in total. The Morgan fingerprint density at radius 3 is 2.53 bits per heavy atom. The molecule has 2 aromatic rings. The normalized spacial score (nSPS) is 26.5. The molecule has 2 aliphatic rings. The van der Waals surface area contributed by atoms with Gasteiger partial charge in [-0.15, -0.1) is 0 Å². The highest BCUT2D eigenvalue weighted by molar-refractivity contribution is 8.09. The monoisotopic (exact) mass is 662 g/mol. The third-order valence-electron chi connectivity index (χ3n) is 6.68. The molecule has 0 bridgehead atoms. The number of hydrogen-bond acceptors (Lipinski definition) is 10. The topological polar surface area (TPSA) is 144 Å². The molecule has 16 heteroatoms. The van der Waals surface area contributed by atoms with Crippen LogP contribution in [0, 0.1) is 0 Å². The number of carbonyl (C=O) groups excluding carboxylic acids is 3. The molecule has 4 rings (SSSR count). The molecule has 6 atom stereocenters. The summed E-state index contributed by atoms with van der Waals surface area (Å²) in [5.74, 6) is -2.12. The van der Waals surface area contributed by atoms with E-state index in [1.165, 1.54) is 6.92 Å². The van der Waals surface area contributed by atoms with Gasteiger partial charge in [0.05, 0.1) is 19.1 Å². The van der Waals surface area contributed by atoms with Crippen molar-refractivity contribution in [3.05, 3.63) is 53.7 Å². The number of esters is 1. The Balaban J connectivity index is 1.63. The number of nitrogens with one attached hydrogen (secondary N) is 1. The van der Waals surface area contributed by atoms with Crippen LogP contribution in [-0.4, -0.2) is 82.0 Å². The van der Waals surface area contributed by atoms with E-state index < -0.39 is 79.9 Å². The van der Waals surface area contributed by atoms with Gasteiger partial charge < -0.3 is 28.7 Å². The molecule has 43 heavy (non-hydrogen) atoms. The summed E-state index contributed by atoms with van der Waals surface area (Å²) in [7, 11) is 0. The van der Waals surface area contributed by atoms with E-state index >= 15 is 0 Å². The predicted molar refractivity (Wildman–Crippen MR) is 155 cm³/mol. The first kappa shape index (κ1) is 33.3. The number of aliphatic hydroxyl groups excluding tert-OH is 2. The van der Waals surface area contributed by atoms with E-state index in [1.807, 2.05) is 18.2 Å². The van der Waals surface area contributed by atoms with Gasteiger partial charge in [-0.25, -0.2) is 13.9 Å². The molecule has 1 unspecified atom stereocenters. The number of amides is 1. The highest BCUT2D eigenvalue weighted by Crippen LogP contribution is 2.49. The summed E-state index contributed by atoms with van der Waals surface area (Å²) >= 11 is 11.5. The molecular formula is C27H30ClF2N2O9PS. The van der Waals surface area contributed by atoms with Crippen LogP contribution >= 0.6 is 18.2 Å². The SMILES string of the molecule is CC(C)OC(=O)[C@H](C)NP(=S)(OC[C@@]1(C(F)F)O[C@@H](N2C=C(Cl)C(=O)CC2=O)[C@H](O)[C@@H]1O)Oc1ccc2ccccc2c1. The van der Waals surface area contributed by atoms with Crippen molar-refractivity contribution in [2.75, 3.05) is 6.61 Å². The fourth-order valence-electron chi connectivity index (χ4n) is 4.45. The maximum atomic E-state index is 14.7. The summed E-state index contributed by atoms with van der Waals surface area (Å²) in [6, 6.07) is 11.2. The molecule has 2 aliphatic heterocycles. The molecular weight excluding hydrogens is 633 g/mol. The first-order chi connectivity index (χ1) is 20.2. The van der Waals surface area contributed by atoms with E-state index in [4.69, 9.17) is 41.9 Å². The predicted octanol–water partition coefficient (Wildman–Crippen LogP) is 3.35. The minimum absolute atomic E-state index is 0.194. The second kappa shape index (κ2) is 13.2. The van der Waals surface area contributed by atoms with Crippen LogP contribution in [0.5, 0.6) is 5.75 Å². The smallest absolute Gasteiger partial charge is 0.323 e. The third kappa shape index (κ3) is 7.23. The van der Waals surface area contributed by atoms with Crippen molar-refractivity contribution in [2.24, 2.45) is 0 Å². The molecule has 2 heterocycles. The number of rotatable bonds is 11. The van der Waals surface area contributed by atoms with Crippen LogP contribution in [0.1, 0.15) is 27.2 Å². The molecule has 0 aliphatic carbocycles. The van der Waals surface area contributed by atoms with Crippen LogP contribution in [-0.2, 0) is 40.2 Å². The number of Topliss-reactive ketones (excluding diaryl/α,β-unsaturated/α-hetero) is 1. The first-order valence-electron chi connectivity index (χ1n) is 13.1. The van der Waals surface area contributed by atoms with Crippen LogP contribution in [0.25, 0.3) is 10.8 Å². The average molecular weight is 663 g/mol. The molecule has 1 saturated heterocycles. The Labute approximate surface area is 255 Å². The van der Waals surface area contributed by atoms with Crippen molar-refractivity contribution in [3.8, 4) is 5.75 Å². The molecule has 1 amide bonds. The number of benzene rings is 2. The Morgan fingerprint density at radius 2 is 1.88 bits per heavy atom. The number of hydrogen-bond donors (Lipinski definition) is 3. The highest BCUT2D eigenvalue weighted by atomic mass is 35.5. The quantitative estimate of drug-likeness (QED) is 0.185. The standard InChI is InChI=1S/C27H30ClF2N2O9PS/c1-14(2)39-25(37)15(3)31-42(43,41-18-9-8-16-6-4-5-7-17(16)10-18)38-13-27(26(29)30)23(36)22(35)24(40-27)32-12-19(28)20(33)11-21(32)34/h4-10,12,14-15,22-24,26,35-36H,11,13H2,1-3H3,(H,31,43)/t15-,22+,23-,24+,27+,42?/m0/s1. The van der Waals surface area contributed by atoms with Gasteiger partial charge in [-0.1, -0.05) is 41.9 Å². The van der Waals surface area contributed by atoms with Crippen LogP contribution in [0.4, 0.5) is 8.78 Å². The molecule has 0 radical (unpaired) electrons. The van der Waals surface area contributed by atoms with Crippen LogP contribution < -0.4 is 9.61 Å². The van der Waals surface area contributed by atoms with Crippen LogP contribution in [0.2, 0.25) is 0 Å². The summed E-state index contributed by atoms with van der Waals surface area (Å²) in [6.07, 6.45) is -9.97. The summed E-state index contributed by atoms with van der Waals surface area (Å²) in [4.78, 5) is 37.5. The number of allylic oxidation sites excluding steroid dienone is 1. The largest absolute Gasteiger partial charge is 0.462 e. The minimum Gasteiger partial charge on any atom is -0.462 e. The van der Waals surface area contributed by atoms with Gasteiger partial charge in [-0.2, -0.15) is 0 Å². The lowest BCUT2D eigenvalue weighted by Crippen LogP contribution is -2.53. The Kier molecular flexibility index (Phi) is 10.2. The van der Waals surface area contributed by atoms with Gasteiger partial charge in [-0.3, -0.25) is 19.3 Å². The average Bonchev–Trinajstić information content (AvgIpc) is 3.19. The molecule has 234 valence electrons. The lowest BCUT2D eigenvalue weighted by atomic mass is 9.96. The van der Waals surface area contributed by atoms with Gasteiger partial charge in [0.1, 0.15) is 29.0 Å². The molecule has 0 saturated carbocycles.